The molecule has 0 aliphatic heterocycles. The number of imidazole rings is 1. The number of hydrogen-bond acceptors (Lipinski definition) is 4. The number of thiophene rings is 1. The topological polar surface area (TPSA) is 52.1 Å². The quantitative estimate of drug-likeness (QED) is 0.748. The van der Waals surface area contributed by atoms with Gasteiger partial charge in [-0.2, -0.15) is 0 Å². The first kappa shape index (κ1) is 16.2. The van der Waals surface area contributed by atoms with Crippen LogP contribution in [0.3, 0.4) is 0 Å². The Morgan fingerprint density at radius 1 is 1.29 bits per heavy atom. The predicted octanol–water partition coefficient (Wildman–Crippen LogP) is 3.12. The molecule has 2 aromatic rings. The molecule has 4 nitrogen and oxygen atoms in total. The summed E-state index contributed by atoms with van der Waals surface area (Å²) in [6.45, 7) is 6.73. The molecule has 0 radical (unpaired) electrons. The number of nitrogens with one attached hydrogen (secondary N) is 1. The lowest BCUT2D eigenvalue weighted by molar-refractivity contribution is 0.184. The molecule has 5 heteroatoms. The van der Waals surface area contributed by atoms with E-state index in [-0.39, 0.29) is 6.61 Å². The molecule has 2 aromatic heterocycles. The zero-order chi connectivity index (χ0) is 15.1. The molecular formula is C16H25N3OS. The van der Waals surface area contributed by atoms with E-state index in [9.17, 15) is 5.11 Å². The van der Waals surface area contributed by atoms with Gasteiger partial charge >= 0.3 is 0 Å². The summed E-state index contributed by atoms with van der Waals surface area (Å²) in [6.07, 6.45) is 5.55. The van der Waals surface area contributed by atoms with Crippen molar-refractivity contribution in [1.82, 2.24) is 14.9 Å². The van der Waals surface area contributed by atoms with Crippen molar-refractivity contribution in [3.63, 3.8) is 0 Å². The summed E-state index contributed by atoms with van der Waals surface area (Å²) in [5.41, 5.74) is 1.10. The molecule has 0 spiro atoms. The van der Waals surface area contributed by atoms with E-state index < -0.39 is 0 Å². The Balaban J connectivity index is 1.93. The molecule has 0 aliphatic rings. The van der Waals surface area contributed by atoms with Gasteiger partial charge in [-0.15, -0.1) is 11.3 Å². The summed E-state index contributed by atoms with van der Waals surface area (Å²) >= 11 is 1.89. The first-order valence-electron chi connectivity index (χ1n) is 7.62. The van der Waals surface area contributed by atoms with Crippen molar-refractivity contribution in [1.29, 1.82) is 0 Å². The third-order valence-electron chi connectivity index (χ3n) is 3.44. The van der Waals surface area contributed by atoms with Gasteiger partial charge in [0.15, 0.2) is 0 Å². The van der Waals surface area contributed by atoms with Crippen LogP contribution in [0.5, 0.6) is 0 Å². The Kier molecular flexibility index (Phi) is 6.42. The van der Waals surface area contributed by atoms with Crippen molar-refractivity contribution in [2.75, 3.05) is 13.2 Å². The summed E-state index contributed by atoms with van der Waals surface area (Å²) in [6, 6.07) is 4.46. The molecular weight excluding hydrogens is 282 g/mol. The fourth-order valence-corrected chi connectivity index (χ4v) is 3.46. The molecule has 0 saturated carbocycles. The molecule has 0 saturated heterocycles. The molecule has 0 bridgehead atoms. The van der Waals surface area contributed by atoms with Gasteiger partial charge in [-0.05, 0) is 31.9 Å². The van der Waals surface area contributed by atoms with Crippen molar-refractivity contribution >= 4 is 11.3 Å². The summed E-state index contributed by atoms with van der Waals surface area (Å²) in [5.74, 6) is 0.937. The third-order valence-corrected chi connectivity index (χ3v) is 4.57. The van der Waals surface area contributed by atoms with Crippen LogP contribution in [0.4, 0.5) is 0 Å². The average Bonchev–Trinajstić information content (AvgIpc) is 3.06. The van der Waals surface area contributed by atoms with Crippen molar-refractivity contribution in [2.45, 2.75) is 46.2 Å². The molecule has 2 N–H and O–H groups in total. The number of aliphatic hydroxyl groups is 1. The Labute approximate surface area is 130 Å². The van der Waals surface area contributed by atoms with Gasteiger partial charge in [0.2, 0.25) is 0 Å². The first-order chi connectivity index (χ1) is 10.2. The molecule has 21 heavy (non-hydrogen) atoms. The van der Waals surface area contributed by atoms with E-state index in [0.717, 1.165) is 24.6 Å². The summed E-state index contributed by atoms with van der Waals surface area (Å²) < 4.78 is 0. The maximum atomic E-state index is 9.26. The van der Waals surface area contributed by atoms with Crippen LogP contribution in [0.25, 0.3) is 0 Å². The average molecular weight is 307 g/mol. The van der Waals surface area contributed by atoms with Crippen molar-refractivity contribution < 1.29 is 5.11 Å². The molecule has 0 atom stereocenters. The molecule has 2 rings (SSSR count). The van der Waals surface area contributed by atoms with Gasteiger partial charge in [-0.25, -0.2) is 4.98 Å². The zero-order valence-corrected chi connectivity index (χ0v) is 13.7. The lowest BCUT2D eigenvalue weighted by atomic mass is 10.2. The number of H-pyrrole nitrogens is 1. The summed E-state index contributed by atoms with van der Waals surface area (Å²) in [5, 5.41) is 9.26. The fraction of sp³-hybridized carbons (Fsp3) is 0.562. The molecule has 116 valence electrons. The summed E-state index contributed by atoms with van der Waals surface area (Å²) in [4.78, 5) is 12.6. The highest BCUT2D eigenvalue weighted by atomic mass is 32.1. The third kappa shape index (κ3) is 5.26. The normalized spacial score (nSPS) is 11.4. The number of aromatic amines is 1. The van der Waals surface area contributed by atoms with Gasteiger partial charge in [-0.1, -0.05) is 13.3 Å². The van der Waals surface area contributed by atoms with Gasteiger partial charge in [0.25, 0.3) is 0 Å². The van der Waals surface area contributed by atoms with Gasteiger partial charge < -0.3 is 10.1 Å². The monoisotopic (exact) mass is 307 g/mol. The van der Waals surface area contributed by atoms with Crippen LogP contribution in [0.1, 0.15) is 41.0 Å². The minimum atomic E-state index is 0.182. The Morgan fingerprint density at radius 2 is 2.10 bits per heavy atom. The molecule has 0 amide bonds. The number of nitrogens with zero attached hydrogens (tertiary/aromatic N) is 2. The molecule has 0 fully saturated rings. The van der Waals surface area contributed by atoms with E-state index in [4.69, 9.17) is 0 Å². The van der Waals surface area contributed by atoms with Gasteiger partial charge in [0.05, 0.1) is 6.61 Å². The number of rotatable bonds is 9. The fourth-order valence-electron chi connectivity index (χ4n) is 2.36. The lowest BCUT2D eigenvalue weighted by Crippen LogP contribution is -2.25. The second-order valence-corrected chi connectivity index (χ2v) is 6.65. The van der Waals surface area contributed by atoms with Crippen LogP contribution in [0.15, 0.2) is 18.3 Å². The number of aryl methyl sites for hydroxylation is 2. The standard InChI is InChI=1S/C16H25N3OS/c1-3-4-5-15-6-7-16(21-15)12-19(8-9-20)11-14-10-17-13(2)18-14/h6-7,10,20H,3-5,8-9,11-12H2,1-2H3,(H,17,18). The van der Waals surface area contributed by atoms with Crippen LogP contribution < -0.4 is 0 Å². The Bertz CT molecular complexity index is 535. The molecule has 0 unspecified atom stereocenters. The SMILES string of the molecule is CCCCc1ccc(CN(CCO)Cc2cnc(C)[nH]2)s1. The van der Waals surface area contributed by atoms with Crippen molar-refractivity contribution in [2.24, 2.45) is 0 Å². The number of unbranched alkanes of at least 4 members (excludes halogenated alkanes) is 1. The van der Waals surface area contributed by atoms with Crippen molar-refractivity contribution in [3.05, 3.63) is 39.6 Å². The van der Waals surface area contributed by atoms with Gasteiger partial charge in [0.1, 0.15) is 5.82 Å². The van der Waals surface area contributed by atoms with Crippen molar-refractivity contribution in [3.8, 4) is 0 Å². The van der Waals surface area contributed by atoms with Crippen LogP contribution in [-0.2, 0) is 19.5 Å². The molecule has 2 heterocycles. The second-order valence-electron chi connectivity index (χ2n) is 5.40. The van der Waals surface area contributed by atoms with Gasteiger partial charge in [-0.3, -0.25) is 4.90 Å². The second kappa shape index (κ2) is 8.32. The van der Waals surface area contributed by atoms with E-state index in [1.807, 2.05) is 24.5 Å². The van der Waals surface area contributed by atoms with E-state index in [0.29, 0.717) is 6.54 Å². The zero-order valence-electron chi connectivity index (χ0n) is 12.9. The van der Waals surface area contributed by atoms with E-state index in [2.05, 4.69) is 33.9 Å². The van der Waals surface area contributed by atoms with E-state index in [1.54, 1.807) is 0 Å². The maximum absolute atomic E-state index is 9.26. The first-order valence-corrected chi connectivity index (χ1v) is 8.44. The number of aliphatic hydroxyl groups excluding tert-OH is 1. The lowest BCUT2D eigenvalue weighted by Gasteiger charge is -2.19. The number of hydrogen-bond donors (Lipinski definition) is 2. The number of aromatic nitrogens is 2. The van der Waals surface area contributed by atoms with Crippen LogP contribution in [0, 0.1) is 6.92 Å². The highest BCUT2D eigenvalue weighted by molar-refractivity contribution is 7.11. The van der Waals surface area contributed by atoms with E-state index >= 15 is 0 Å². The largest absolute Gasteiger partial charge is 0.395 e. The van der Waals surface area contributed by atoms with Crippen LogP contribution >= 0.6 is 11.3 Å². The van der Waals surface area contributed by atoms with E-state index in [1.165, 1.54) is 29.0 Å². The van der Waals surface area contributed by atoms with Crippen LogP contribution in [0.2, 0.25) is 0 Å². The smallest absolute Gasteiger partial charge is 0.103 e. The van der Waals surface area contributed by atoms with Gasteiger partial charge in [0, 0.05) is 41.3 Å². The highest BCUT2D eigenvalue weighted by Crippen LogP contribution is 2.20. The Hall–Kier alpha value is -1.17. The Morgan fingerprint density at radius 3 is 2.76 bits per heavy atom. The summed E-state index contributed by atoms with van der Waals surface area (Å²) in [7, 11) is 0. The predicted molar refractivity (Wildman–Crippen MR) is 87.5 cm³/mol. The maximum Gasteiger partial charge on any atom is 0.103 e. The highest BCUT2D eigenvalue weighted by Gasteiger charge is 2.10. The van der Waals surface area contributed by atoms with Crippen LogP contribution in [-0.4, -0.2) is 33.1 Å². The minimum absolute atomic E-state index is 0.182. The minimum Gasteiger partial charge on any atom is -0.395 e. The molecule has 0 aliphatic carbocycles. The molecule has 0 aromatic carbocycles.